The summed E-state index contributed by atoms with van der Waals surface area (Å²) in [5, 5.41) is 0. The van der Waals surface area contributed by atoms with Crippen molar-refractivity contribution in [3.8, 4) is 0 Å². The van der Waals surface area contributed by atoms with E-state index in [-0.39, 0.29) is 10.6 Å². The first-order valence-electron chi connectivity index (χ1n) is 4.52. The van der Waals surface area contributed by atoms with E-state index in [9.17, 15) is 18.0 Å². The van der Waals surface area contributed by atoms with Crippen LogP contribution in [0.25, 0.3) is 0 Å². The summed E-state index contributed by atoms with van der Waals surface area (Å²) in [5.74, 6) is 0.374. The number of hydrogen-bond acceptors (Lipinski definition) is 3. The Hall–Kier alpha value is -1.52. The van der Waals surface area contributed by atoms with Gasteiger partial charge in [-0.3, -0.25) is 0 Å². The fraction of sp³-hybridized carbons (Fsp3) is 0.182. The molecule has 0 amide bonds. The second kappa shape index (κ2) is 5.70. The monoisotopic (exact) mass is 259 g/mol. The summed E-state index contributed by atoms with van der Waals surface area (Å²) in [6.45, 7) is 3.44. The molecule has 17 heavy (non-hydrogen) atoms. The maximum absolute atomic E-state index is 12.7. The number of carbonyl (C=O) groups excluding carboxylic acids is 1. The Morgan fingerprint density at radius 2 is 2.18 bits per heavy atom. The van der Waals surface area contributed by atoms with Gasteiger partial charge in [0.2, 0.25) is 6.08 Å². The highest BCUT2D eigenvalue weighted by Gasteiger charge is 2.33. The van der Waals surface area contributed by atoms with Gasteiger partial charge in [-0.1, -0.05) is 6.08 Å². The van der Waals surface area contributed by atoms with Gasteiger partial charge in [0.1, 0.15) is 0 Å². The lowest BCUT2D eigenvalue weighted by Crippen LogP contribution is -2.06. The quantitative estimate of drug-likeness (QED) is 0.354. The molecule has 0 aliphatic rings. The summed E-state index contributed by atoms with van der Waals surface area (Å²) in [7, 11) is 0. The van der Waals surface area contributed by atoms with E-state index >= 15 is 0 Å². The first kappa shape index (κ1) is 13.5. The molecule has 1 aromatic rings. The van der Waals surface area contributed by atoms with E-state index < -0.39 is 11.7 Å². The summed E-state index contributed by atoms with van der Waals surface area (Å²) in [5.41, 5.74) is -0.865. The Morgan fingerprint density at radius 1 is 1.47 bits per heavy atom. The first-order valence-corrected chi connectivity index (χ1v) is 5.50. The molecule has 0 aliphatic heterocycles. The van der Waals surface area contributed by atoms with Crippen LogP contribution in [0.4, 0.5) is 18.9 Å². The molecule has 2 nitrogen and oxygen atoms in total. The SMILES string of the molecule is C=CCSc1ccc(N=C=O)cc1C(F)(F)F. The molecule has 90 valence electrons. The number of hydrogen-bond donors (Lipinski definition) is 0. The third kappa shape index (κ3) is 3.76. The summed E-state index contributed by atoms with van der Waals surface area (Å²) < 4.78 is 38.1. The molecular weight excluding hydrogens is 251 g/mol. The maximum atomic E-state index is 12.7. The number of rotatable bonds is 4. The number of alkyl halides is 3. The lowest BCUT2D eigenvalue weighted by molar-refractivity contribution is -0.139. The van der Waals surface area contributed by atoms with Crippen molar-refractivity contribution < 1.29 is 18.0 Å². The Kier molecular flexibility index (Phi) is 4.54. The van der Waals surface area contributed by atoms with Crippen LogP contribution in [0.15, 0.2) is 40.7 Å². The Labute approximate surface area is 100 Å². The van der Waals surface area contributed by atoms with Crippen molar-refractivity contribution in [2.24, 2.45) is 4.99 Å². The average molecular weight is 259 g/mol. The van der Waals surface area contributed by atoms with Gasteiger partial charge < -0.3 is 0 Å². The topological polar surface area (TPSA) is 29.4 Å². The average Bonchev–Trinajstić information content (AvgIpc) is 2.26. The molecule has 0 radical (unpaired) electrons. The highest BCUT2D eigenvalue weighted by atomic mass is 32.2. The molecule has 0 heterocycles. The molecule has 1 rings (SSSR count). The Bertz CT molecular complexity index is 464. The van der Waals surface area contributed by atoms with Crippen molar-refractivity contribution in [2.45, 2.75) is 11.1 Å². The molecule has 0 saturated heterocycles. The number of nitrogens with zero attached hydrogens (tertiary/aromatic N) is 1. The molecular formula is C11H8F3NOS. The van der Waals surface area contributed by atoms with Crippen molar-refractivity contribution in [1.29, 1.82) is 0 Å². The minimum atomic E-state index is -4.47. The van der Waals surface area contributed by atoms with Gasteiger partial charge in [0.25, 0.3) is 0 Å². The van der Waals surface area contributed by atoms with E-state index in [1.54, 1.807) is 0 Å². The number of thioether (sulfide) groups is 1. The molecule has 0 N–H and O–H groups in total. The molecule has 0 aromatic heterocycles. The highest BCUT2D eigenvalue weighted by molar-refractivity contribution is 7.99. The van der Waals surface area contributed by atoms with E-state index in [4.69, 9.17) is 0 Å². The lowest BCUT2D eigenvalue weighted by Gasteiger charge is -2.12. The van der Waals surface area contributed by atoms with E-state index in [0.717, 1.165) is 17.8 Å². The van der Waals surface area contributed by atoms with Gasteiger partial charge in [-0.2, -0.15) is 18.2 Å². The van der Waals surface area contributed by atoms with Gasteiger partial charge in [-0.05, 0) is 18.2 Å². The zero-order chi connectivity index (χ0) is 12.9. The molecule has 0 atom stereocenters. The second-order valence-corrected chi connectivity index (χ2v) is 4.04. The van der Waals surface area contributed by atoms with Crippen molar-refractivity contribution in [3.05, 3.63) is 36.4 Å². The van der Waals surface area contributed by atoms with Crippen molar-refractivity contribution in [1.82, 2.24) is 0 Å². The molecule has 1 aromatic carbocycles. The van der Waals surface area contributed by atoms with Crippen LogP contribution < -0.4 is 0 Å². The standard InChI is InChI=1S/C11H8F3NOS/c1-2-5-17-10-4-3-8(15-7-16)6-9(10)11(12,13)14/h2-4,6H,1,5H2. The van der Waals surface area contributed by atoms with Crippen molar-refractivity contribution in [2.75, 3.05) is 5.75 Å². The fourth-order valence-corrected chi connectivity index (χ4v) is 1.93. The molecule has 0 spiro atoms. The lowest BCUT2D eigenvalue weighted by atomic mass is 10.2. The van der Waals surface area contributed by atoms with Gasteiger partial charge >= 0.3 is 6.18 Å². The molecule has 6 heteroatoms. The van der Waals surface area contributed by atoms with Crippen LogP contribution in [-0.4, -0.2) is 11.8 Å². The van der Waals surface area contributed by atoms with Crippen molar-refractivity contribution in [3.63, 3.8) is 0 Å². The third-order valence-electron chi connectivity index (χ3n) is 1.80. The second-order valence-electron chi connectivity index (χ2n) is 2.98. The Morgan fingerprint density at radius 3 is 2.71 bits per heavy atom. The van der Waals surface area contributed by atoms with E-state index in [1.165, 1.54) is 24.3 Å². The van der Waals surface area contributed by atoms with E-state index in [0.29, 0.717) is 5.75 Å². The zero-order valence-corrected chi connectivity index (χ0v) is 9.44. The zero-order valence-electron chi connectivity index (χ0n) is 8.62. The molecule has 0 fully saturated rings. The summed E-state index contributed by atoms with van der Waals surface area (Å²) in [6.07, 6.45) is -1.75. The molecule has 0 aliphatic carbocycles. The number of halogens is 3. The number of isocyanates is 1. The van der Waals surface area contributed by atoms with Gasteiger partial charge in [-0.15, -0.1) is 18.3 Å². The fourth-order valence-electron chi connectivity index (χ4n) is 1.14. The molecule has 0 saturated carbocycles. The van der Waals surface area contributed by atoms with Crippen LogP contribution in [0, 0.1) is 0 Å². The molecule has 0 unspecified atom stereocenters. The minimum absolute atomic E-state index is 0.0599. The highest BCUT2D eigenvalue weighted by Crippen LogP contribution is 2.38. The van der Waals surface area contributed by atoms with Crippen LogP contribution in [-0.2, 0) is 11.0 Å². The van der Waals surface area contributed by atoms with Gasteiger partial charge in [-0.25, -0.2) is 4.79 Å². The summed E-state index contributed by atoms with van der Waals surface area (Å²) in [6, 6.07) is 3.45. The van der Waals surface area contributed by atoms with E-state index in [1.807, 2.05) is 0 Å². The van der Waals surface area contributed by atoms with Crippen LogP contribution in [0.2, 0.25) is 0 Å². The number of aliphatic imine (C=N–C) groups is 1. The largest absolute Gasteiger partial charge is 0.417 e. The summed E-state index contributed by atoms with van der Waals surface area (Å²) >= 11 is 1.02. The maximum Gasteiger partial charge on any atom is 0.417 e. The predicted molar refractivity (Wildman–Crippen MR) is 60.1 cm³/mol. The summed E-state index contributed by atoms with van der Waals surface area (Å²) in [4.78, 5) is 13.3. The smallest absolute Gasteiger partial charge is 0.211 e. The van der Waals surface area contributed by atoms with Gasteiger partial charge in [0.05, 0.1) is 11.3 Å². The number of benzene rings is 1. The van der Waals surface area contributed by atoms with Crippen LogP contribution in [0.5, 0.6) is 0 Å². The van der Waals surface area contributed by atoms with Crippen LogP contribution >= 0.6 is 11.8 Å². The third-order valence-corrected chi connectivity index (χ3v) is 2.87. The van der Waals surface area contributed by atoms with Gasteiger partial charge in [0, 0.05) is 10.6 Å². The van der Waals surface area contributed by atoms with Crippen molar-refractivity contribution >= 4 is 23.5 Å². The Balaban J connectivity index is 3.21. The minimum Gasteiger partial charge on any atom is -0.211 e. The normalized spacial score (nSPS) is 10.8. The van der Waals surface area contributed by atoms with Crippen LogP contribution in [0.1, 0.15) is 5.56 Å². The van der Waals surface area contributed by atoms with E-state index in [2.05, 4.69) is 11.6 Å². The van der Waals surface area contributed by atoms with Crippen LogP contribution in [0.3, 0.4) is 0 Å². The predicted octanol–water partition coefficient (Wildman–Crippen LogP) is 3.95. The van der Waals surface area contributed by atoms with Gasteiger partial charge in [0.15, 0.2) is 0 Å². The first-order chi connectivity index (χ1) is 7.99. The molecule has 0 bridgehead atoms.